The quantitative estimate of drug-likeness (QED) is 0.701. The van der Waals surface area contributed by atoms with E-state index in [1.807, 2.05) is 47.6 Å². The minimum absolute atomic E-state index is 0.172. The highest BCUT2D eigenvalue weighted by Crippen LogP contribution is 2.21. The first-order chi connectivity index (χ1) is 13.2. The average Bonchev–Trinajstić information content (AvgIpc) is 2.70. The molecule has 1 aliphatic heterocycles. The lowest BCUT2D eigenvalue weighted by Gasteiger charge is -2.34. The molecule has 0 unspecified atom stereocenters. The fraction of sp³-hybridized carbons (Fsp3) is 0.273. The van der Waals surface area contributed by atoms with E-state index in [0.717, 1.165) is 36.3 Å². The van der Waals surface area contributed by atoms with Crippen LogP contribution < -0.4 is 4.74 Å². The molecule has 5 nitrogen and oxygen atoms in total. The van der Waals surface area contributed by atoms with Crippen LogP contribution in [0.1, 0.15) is 11.1 Å². The van der Waals surface area contributed by atoms with Crippen LogP contribution in [0.25, 0.3) is 10.8 Å². The largest absolute Gasteiger partial charge is 0.497 e. The van der Waals surface area contributed by atoms with E-state index < -0.39 is 0 Å². The van der Waals surface area contributed by atoms with Gasteiger partial charge in [0.2, 0.25) is 5.91 Å². The van der Waals surface area contributed by atoms with Crippen LogP contribution in [-0.2, 0) is 17.9 Å². The Kier molecular flexibility index (Phi) is 5.03. The second kappa shape index (κ2) is 7.76. The molecule has 0 N–H and O–H groups in total. The minimum atomic E-state index is 0.172. The summed E-state index contributed by atoms with van der Waals surface area (Å²) < 4.78 is 5.27. The highest BCUT2D eigenvalue weighted by atomic mass is 16.5. The number of hydrogen-bond acceptors (Lipinski definition) is 4. The molecule has 138 valence electrons. The summed E-state index contributed by atoms with van der Waals surface area (Å²) >= 11 is 0. The van der Waals surface area contributed by atoms with Crippen molar-refractivity contribution in [2.75, 3.05) is 26.7 Å². The van der Waals surface area contributed by atoms with Gasteiger partial charge in [-0.1, -0.05) is 30.3 Å². The molecule has 3 aromatic rings. The summed E-state index contributed by atoms with van der Waals surface area (Å²) in [6.45, 7) is 3.47. The Balaban J connectivity index is 1.42. The van der Waals surface area contributed by atoms with Gasteiger partial charge in [0.1, 0.15) is 5.75 Å². The number of hydrogen-bond donors (Lipinski definition) is 0. The summed E-state index contributed by atoms with van der Waals surface area (Å²) in [5, 5.41) is 2.34. The van der Waals surface area contributed by atoms with E-state index in [0.29, 0.717) is 13.1 Å². The molecule has 0 bridgehead atoms. The highest BCUT2D eigenvalue weighted by Gasteiger charge is 2.24. The molecule has 4 rings (SSSR count). The third-order valence-corrected chi connectivity index (χ3v) is 5.07. The molecule has 1 aliphatic rings. The van der Waals surface area contributed by atoms with Gasteiger partial charge in [-0.2, -0.15) is 0 Å². The van der Waals surface area contributed by atoms with Gasteiger partial charge in [-0.05, 0) is 34.7 Å². The SMILES string of the molecule is COc1cccc(CN2CCN(Cc3cccc4cnccc34)CC2=O)c1. The smallest absolute Gasteiger partial charge is 0.237 e. The second-order valence-corrected chi connectivity index (χ2v) is 6.89. The van der Waals surface area contributed by atoms with Crippen molar-refractivity contribution in [2.45, 2.75) is 13.1 Å². The summed E-state index contributed by atoms with van der Waals surface area (Å²) in [5.41, 5.74) is 2.33. The van der Waals surface area contributed by atoms with Crippen LogP contribution in [0.4, 0.5) is 0 Å². The number of carbonyl (C=O) groups is 1. The fourth-order valence-corrected chi connectivity index (χ4v) is 3.62. The Morgan fingerprint density at radius 3 is 2.81 bits per heavy atom. The van der Waals surface area contributed by atoms with E-state index in [4.69, 9.17) is 4.74 Å². The normalized spacial score (nSPS) is 15.3. The van der Waals surface area contributed by atoms with Gasteiger partial charge in [-0.15, -0.1) is 0 Å². The van der Waals surface area contributed by atoms with Crippen molar-refractivity contribution in [2.24, 2.45) is 0 Å². The summed E-state index contributed by atoms with van der Waals surface area (Å²) in [6.07, 6.45) is 3.71. The molecular weight excluding hydrogens is 338 g/mol. The standard InChI is InChI=1S/C22H23N3O2/c1-27-20-7-2-4-17(12-20)14-25-11-10-24(16-22(25)26)15-19-6-3-5-18-13-23-9-8-21(18)19/h2-9,12-13H,10-11,14-16H2,1H3. The lowest BCUT2D eigenvalue weighted by molar-refractivity contribution is -0.136. The molecule has 1 aromatic heterocycles. The highest BCUT2D eigenvalue weighted by molar-refractivity contribution is 5.85. The van der Waals surface area contributed by atoms with Crippen molar-refractivity contribution in [3.05, 3.63) is 72.1 Å². The number of pyridine rings is 1. The molecule has 0 radical (unpaired) electrons. The first-order valence-electron chi connectivity index (χ1n) is 9.17. The van der Waals surface area contributed by atoms with Gasteiger partial charge in [0.25, 0.3) is 0 Å². The van der Waals surface area contributed by atoms with Crippen LogP contribution in [0.2, 0.25) is 0 Å². The maximum atomic E-state index is 12.7. The predicted octanol–water partition coefficient (Wildman–Crippen LogP) is 3.09. The molecule has 2 heterocycles. The third kappa shape index (κ3) is 3.93. The van der Waals surface area contributed by atoms with Crippen molar-refractivity contribution in [3.8, 4) is 5.75 Å². The fourth-order valence-electron chi connectivity index (χ4n) is 3.62. The lowest BCUT2D eigenvalue weighted by Crippen LogP contribution is -2.49. The van der Waals surface area contributed by atoms with Crippen molar-refractivity contribution in [3.63, 3.8) is 0 Å². The first-order valence-corrected chi connectivity index (χ1v) is 9.17. The summed E-state index contributed by atoms with van der Waals surface area (Å²) in [5.74, 6) is 0.995. The average molecular weight is 361 g/mol. The first kappa shape index (κ1) is 17.5. The van der Waals surface area contributed by atoms with Crippen LogP contribution in [-0.4, -0.2) is 47.4 Å². The van der Waals surface area contributed by atoms with Gasteiger partial charge < -0.3 is 9.64 Å². The molecule has 0 spiro atoms. The molecule has 27 heavy (non-hydrogen) atoms. The third-order valence-electron chi connectivity index (χ3n) is 5.07. The Morgan fingerprint density at radius 1 is 1.07 bits per heavy atom. The summed E-state index contributed by atoms with van der Waals surface area (Å²) in [6, 6.07) is 16.2. The molecule has 1 fully saturated rings. The number of fused-ring (bicyclic) bond motifs is 1. The van der Waals surface area contributed by atoms with Gasteiger partial charge in [0.15, 0.2) is 0 Å². The number of carbonyl (C=O) groups excluding carboxylic acids is 1. The Hall–Kier alpha value is -2.92. The van der Waals surface area contributed by atoms with E-state index >= 15 is 0 Å². The van der Waals surface area contributed by atoms with Crippen LogP contribution in [0.5, 0.6) is 5.75 Å². The van der Waals surface area contributed by atoms with Crippen molar-refractivity contribution >= 4 is 16.7 Å². The van der Waals surface area contributed by atoms with Gasteiger partial charge in [-0.25, -0.2) is 0 Å². The van der Waals surface area contributed by atoms with Gasteiger partial charge >= 0.3 is 0 Å². The molecule has 5 heteroatoms. The maximum absolute atomic E-state index is 12.7. The Labute approximate surface area is 159 Å². The zero-order chi connectivity index (χ0) is 18.6. The number of amides is 1. The van der Waals surface area contributed by atoms with Crippen molar-refractivity contribution in [1.29, 1.82) is 0 Å². The van der Waals surface area contributed by atoms with E-state index in [-0.39, 0.29) is 5.91 Å². The van der Waals surface area contributed by atoms with Crippen LogP contribution in [0.3, 0.4) is 0 Å². The number of benzene rings is 2. The van der Waals surface area contributed by atoms with Gasteiger partial charge in [-0.3, -0.25) is 14.7 Å². The lowest BCUT2D eigenvalue weighted by atomic mass is 10.1. The minimum Gasteiger partial charge on any atom is -0.497 e. The molecule has 0 atom stereocenters. The zero-order valence-corrected chi connectivity index (χ0v) is 15.5. The number of piperazine rings is 1. The summed E-state index contributed by atoms with van der Waals surface area (Å²) in [7, 11) is 1.66. The number of methoxy groups -OCH3 is 1. The van der Waals surface area contributed by atoms with Crippen LogP contribution in [0, 0.1) is 0 Å². The number of rotatable bonds is 5. The second-order valence-electron chi connectivity index (χ2n) is 6.89. The topological polar surface area (TPSA) is 45.7 Å². The monoisotopic (exact) mass is 361 g/mol. The Bertz CT molecular complexity index is 952. The molecule has 1 amide bonds. The van der Waals surface area contributed by atoms with Crippen LogP contribution >= 0.6 is 0 Å². The van der Waals surface area contributed by atoms with E-state index in [2.05, 4.69) is 28.1 Å². The van der Waals surface area contributed by atoms with Gasteiger partial charge in [0.05, 0.1) is 13.7 Å². The molecule has 1 saturated heterocycles. The number of aromatic nitrogens is 1. The summed E-state index contributed by atoms with van der Waals surface area (Å²) in [4.78, 5) is 21.0. The molecule has 0 saturated carbocycles. The van der Waals surface area contributed by atoms with Gasteiger partial charge in [0, 0.05) is 44.0 Å². The van der Waals surface area contributed by atoms with Crippen molar-refractivity contribution < 1.29 is 9.53 Å². The number of ether oxygens (including phenoxy) is 1. The van der Waals surface area contributed by atoms with Crippen LogP contribution in [0.15, 0.2) is 60.9 Å². The molecule has 0 aliphatic carbocycles. The molecule has 2 aromatic carbocycles. The Morgan fingerprint density at radius 2 is 1.96 bits per heavy atom. The maximum Gasteiger partial charge on any atom is 0.237 e. The van der Waals surface area contributed by atoms with Crippen molar-refractivity contribution in [1.82, 2.24) is 14.8 Å². The zero-order valence-electron chi connectivity index (χ0n) is 15.5. The predicted molar refractivity (Wildman–Crippen MR) is 105 cm³/mol. The van der Waals surface area contributed by atoms with E-state index in [1.165, 1.54) is 10.9 Å². The van der Waals surface area contributed by atoms with E-state index in [9.17, 15) is 4.79 Å². The molecular formula is C22H23N3O2. The number of nitrogens with zero attached hydrogens (tertiary/aromatic N) is 3. The van der Waals surface area contributed by atoms with E-state index in [1.54, 1.807) is 7.11 Å².